The Morgan fingerprint density at radius 2 is 1.57 bits per heavy atom. The van der Waals surface area contributed by atoms with Crippen LogP contribution in [-0.2, 0) is 16.6 Å². The largest absolute Gasteiger partial charge is 0.317 e. The number of anilines is 2. The van der Waals surface area contributed by atoms with E-state index >= 15 is 0 Å². The number of hydrogen-bond donors (Lipinski definition) is 1. The van der Waals surface area contributed by atoms with Crippen LogP contribution in [0.2, 0.25) is 0 Å². The molecule has 5 nitrogen and oxygen atoms in total. The van der Waals surface area contributed by atoms with Crippen LogP contribution < -0.4 is 9.62 Å². The van der Waals surface area contributed by atoms with Crippen LogP contribution in [0.1, 0.15) is 21.5 Å². The predicted octanol–water partition coefficient (Wildman–Crippen LogP) is 4.49. The summed E-state index contributed by atoms with van der Waals surface area (Å²) in [4.78, 5) is 12.3. The zero-order chi connectivity index (χ0) is 21.9. The highest BCUT2D eigenvalue weighted by atomic mass is 32.2. The second kappa shape index (κ2) is 8.62. The van der Waals surface area contributed by atoms with E-state index in [1.807, 2.05) is 13.0 Å². The third-order valence-electron chi connectivity index (χ3n) is 4.43. The van der Waals surface area contributed by atoms with Crippen molar-refractivity contribution >= 4 is 27.3 Å². The Balaban J connectivity index is 1.80. The standard InChI is InChI=1S/C22H20F2N2O3S/c1-15-5-3-6-18(13-15)26(30(2,28)29)14-16-9-11-17(12-10-16)22(27)25-21-19(23)7-4-8-20(21)24/h3-13H,14H2,1-2H3,(H,25,27). The quantitative estimate of drug-likeness (QED) is 0.627. The number of rotatable bonds is 6. The first-order chi connectivity index (χ1) is 14.1. The van der Waals surface area contributed by atoms with E-state index in [2.05, 4.69) is 5.32 Å². The Morgan fingerprint density at radius 1 is 0.967 bits per heavy atom. The topological polar surface area (TPSA) is 66.5 Å². The Hall–Kier alpha value is -3.26. The first-order valence-electron chi connectivity index (χ1n) is 9.04. The zero-order valence-corrected chi connectivity index (χ0v) is 17.2. The summed E-state index contributed by atoms with van der Waals surface area (Å²) >= 11 is 0. The highest BCUT2D eigenvalue weighted by Crippen LogP contribution is 2.23. The van der Waals surface area contributed by atoms with Gasteiger partial charge in [-0.2, -0.15) is 0 Å². The van der Waals surface area contributed by atoms with Gasteiger partial charge in [-0.3, -0.25) is 9.10 Å². The van der Waals surface area contributed by atoms with Gasteiger partial charge >= 0.3 is 0 Å². The minimum absolute atomic E-state index is 0.0755. The molecule has 0 bridgehead atoms. The fraction of sp³-hybridized carbons (Fsp3) is 0.136. The van der Waals surface area contributed by atoms with E-state index in [9.17, 15) is 22.0 Å². The smallest absolute Gasteiger partial charge is 0.255 e. The van der Waals surface area contributed by atoms with Gasteiger partial charge in [-0.05, 0) is 54.4 Å². The van der Waals surface area contributed by atoms with Crippen molar-refractivity contribution in [1.82, 2.24) is 0 Å². The van der Waals surface area contributed by atoms with Gasteiger partial charge in [0.15, 0.2) is 0 Å². The molecule has 3 aromatic carbocycles. The first kappa shape index (κ1) is 21.4. The summed E-state index contributed by atoms with van der Waals surface area (Å²) in [6, 6.07) is 16.6. The lowest BCUT2D eigenvalue weighted by atomic mass is 10.1. The monoisotopic (exact) mass is 430 g/mol. The molecular weight excluding hydrogens is 410 g/mol. The molecule has 0 aromatic heterocycles. The molecule has 0 aliphatic heterocycles. The minimum Gasteiger partial charge on any atom is -0.317 e. The fourth-order valence-electron chi connectivity index (χ4n) is 2.91. The minimum atomic E-state index is -3.54. The fourth-order valence-corrected chi connectivity index (χ4v) is 3.79. The Bertz CT molecular complexity index is 1160. The van der Waals surface area contributed by atoms with Crippen molar-refractivity contribution in [2.75, 3.05) is 15.9 Å². The second-order valence-corrected chi connectivity index (χ2v) is 8.76. The predicted molar refractivity (Wildman–Crippen MR) is 113 cm³/mol. The summed E-state index contributed by atoms with van der Waals surface area (Å²) in [5.74, 6) is -2.42. The van der Waals surface area contributed by atoms with E-state index in [0.29, 0.717) is 11.3 Å². The van der Waals surface area contributed by atoms with Crippen molar-refractivity contribution in [2.24, 2.45) is 0 Å². The van der Waals surface area contributed by atoms with Crippen LogP contribution in [0.5, 0.6) is 0 Å². The molecule has 1 amide bonds. The molecular formula is C22H20F2N2O3S. The highest BCUT2D eigenvalue weighted by Gasteiger charge is 2.19. The van der Waals surface area contributed by atoms with E-state index in [0.717, 1.165) is 24.0 Å². The maximum Gasteiger partial charge on any atom is 0.255 e. The number of nitrogens with zero attached hydrogens (tertiary/aromatic N) is 1. The number of carbonyl (C=O) groups is 1. The van der Waals surface area contributed by atoms with Crippen LogP contribution in [0.15, 0.2) is 66.7 Å². The van der Waals surface area contributed by atoms with E-state index in [-0.39, 0.29) is 12.1 Å². The molecule has 0 saturated carbocycles. The molecule has 0 heterocycles. The zero-order valence-electron chi connectivity index (χ0n) is 16.4. The molecule has 0 unspecified atom stereocenters. The van der Waals surface area contributed by atoms with Crippen LogP contribution in [-0.4, -0.2) is 20.6 Å². The Labute approximate surface area is 174 Å². The molecule has 3 aromatic rings. The number of sulfonamides is 1. The summed E-state index contributed by atoms with van der Waals surface area (Å²) in [7, 11) is -3.54. The molecule has 3 rings (SSSR count). The third-order valence-corrected chi connectivity index (χ3v) is 5.57. The summed E-state index contributed by atoms with van der Waals surface area (Å²) in [5.41, 5.74) is 1.77. The van der Waals surface area contributed by atoms with Crippen LogP contribution in [0.3, 0.4) is 0 Å². The number of para-hydroxylation sites is 1. The number of halogens is 2. The second-order valence-electron chi connectivity index (χ2n) is 6.86. The van der Waals surface area contributed by atoms with Gasteiger partial charge in [0.05, 0.1) is 18.5 Å². The highest BCUT2D eigenvalue weighted by molar-refractivity contribution is 7.92. The van der Waals surface area contributed by atoms with Gasteiger partial charge in [-0.15, -0.1) is 0 Å². The van der Waals surface area contributed by atoms with E-state index < -0.39 is 33.3 Å². The van der Waals surface area contributed by atoms with Crippen molar-refractivity contribution in [1.29, 1.82) is 0 Å². The maximum absolute atomic E-state index is 13.7. The van der Waals surface area contributed by atoms with E-state index in [1.54, 1.807) is 30.3 Å². The Kier molecular flexibility index (Phi) is 6.17. The van der Waals surface area contributed by atoms with Gasteiger partial charge in [0.2, 0.25) is 10.0 Å². The Morgan fingerprint density at radius 3 is 2.13 bits per heavy atom. The van der Waals surface area contributed by atoms with Gasteiger partial charge in [-0.25, -0.2) is 17.2 Å². The lowest BCUT2D eigenvalue weighted by Gasteiger charge is -2.23. The third kappa shape index (κ3) is 5.01. The summed E-state index contributed by atoms with van der Waals surface area (Å²) in [6.45, 7) is 1.95. The summed E-state index contributed by atoms with van der Waals surface area (Å²) < 4.78 is 53.3. The van der Waals surface area contributed by atoms with Gasteiger partial charge in [-0.1, -0.05) is 30.3 Å². The van der Waals surface area contributed by atoms with Gasteiger partial charge in [0.1, 0.15) is 17.3 Å². The van der Waals surface area contributed by atoms with Crippen molar-refractivity contribution in [3.63, 3.8) is 0 Å². The first-order valence-corrected chi connectivity index (χ1v) is 10.9. The van der Waals surface area contributed by atoms with Gasteiger partial charge < -0.3 is 5.32 Å². The molecule has 0 fully saturated rings. The van der Waals surface area contributed by atoms with Crippen LogP contribution in [0.4, 0.5) is 20.2 Å². The van der Waals surface area contributed by atoms with Crippen molar-refractivity contribution in [3.8, 4) is 0 Å². The van der Waals surface area contributed by atoms with Crippen molar-refractivity contribution < 1.29 is 22.0 Å². The maximum atomic E-state index is 13.7. The molecule has 0 aliphatic rings. The molecule has 0 radical (unpaired) electrons. The van der Waals surface area contributed by atoms with Gasteiger partial charge in [0, 0.05) is 5.56 Å². The van der Waals surface area contributed by atoms with E-state index in [1.165, 1.54) is 22.5 Å². The number of amides is 1. The summed E-state index contributed by atoms with van der Waals surface area (Å²) in [6.07, 6.45) is 1.13. The molecule has 1 N–H and O–H groups in total. The number of hydrogen-bond acceptors (Lipinski definition) is 3. The lowest BCUT2D eigenvalue weighted by Crippen LogP contribution is -2.29. The van der Waals surface area contributed by atoms with Crippen LogP contribution >= 0.6 is 0 Å². The molecule has 0 aliphatic carbocycles. The molecule has 30 heavy (non-hydrogen) atoms. The van der Waals surface area contributed by atoms with E-state index in [4.69, 9.17) is 0 Å². The normalized spacial score (nSPS) is 11.2. The average molecular weight is 430 g/mol. The number of carbonyl (C=O) groups excluding carboxylic acids is 1. The average Bonchev–Trinajstić information content (AvgIpc) is 2.68. The lowest BCUT2D eigenvalue weighted by molar-refractivity contribution is 0.102. The number of aryl methyl sites for hydroxylation is 1. The van der Waals surface area contributed by atoms with Crippen molar-refractivity contribution in [2.45, 2.75) is 13.5 Å². The molecule has 0 saturated heterocycles. The number of benzene rings is 3. The molecule has 156 valence electrons. The summed E-state index contributed by atoms with van der Waals surface area (Å²) in [5, 5.41) is 2.22. The van der Waals surface area contributed by atoms with Gasteiger partial charge in [0.25, 0.3) is 5.91 Å². The number of nitrogens with one attached hydrogen (secondary N) is 1. The van der Waals surface area contributed by atoms with Crippen LogP contribution in [0, 0.1) is 18.6 Å². The molecule has 0 spiro atoms. The van der Waals surface area contributed by atoms with Crippen molar-refractivity contribution in [3.05, 3.63) is 95.1 Å². The SMILES string of the molecule is Cc1cccc(N(Cc2ccc(C(=O)Nc3c(F)cccc3F)cc2)S(C)(=O)=O)c1. The molecule has 0 atom stereocenters. The van der Waals surface area contributed by atoms with Crippen LogP contribution in [0.25, 0.3) is 0 Å². The molecule has 8 heteroatoms.